The van der Waals surface area contributed by atoms with Crippen molar-refractivity contribution in [2.75, 3.05) is 11.4 Å². The summed E-state index contributed by atoms with van der Waals surface area (Å²) in [4.78, 5) is 53.9. The first-order valence-electron chi connectivity index (χ1n) is 11.9. The number of furan rings is 1. The number of hydrogen-bond donors (Lipinski definition) is 2. The zero-order valence-electron chi connectivity index (χ0n) is 21.0. The van der Waals surface area contributed by atoms with E-state index in [1.54, 1.807) is 66.0 Å². The number of ketones is 1. The Morgan fingerprint density at radius 1 is 0.947 bits per heavy atom. The van der Waals surface area contributed by atoms with Crippen LogP contribution in [0.2, 0.25) is 0 Å². The van der Waals surface area contributed by atoms with E-state index >= 15 is 0 Å². The van der Waals surface area contributed by atoms with Gasteiger partial charge in [-0.3, -0.25) is 24.1 Å². The van der Waals surface area contributed by atoms with E-state index in [-0.39, 0.29) is 24.8 Å². The quantitative estimate of drug-likeness (QED) is 0.290. The van der Waals surface area contributed by atoms with Gasteiger partial charge in [0.1, 0.15) is 11.8 Å². The fraction of sp³-hybridized carbons (Fsp3) is 0.172. The summed E-state index contributed by atoms with van der Waals surface area (Å²) in [6.45, 7) is 3.13. The van der Waals surface area contributed by atoms with Gasteiger partial charge in [0.05, 0.1) is 24.2 Å². The van der Waals surface area contributed by atoms with Crippen molar-refractivity contribution < 1.29 is 23.6 Å². The fourth-order valence-electron chi connectivity index (χ4n) is 3.90. The summed E-state index contributed by atoms with van der Waals surface area (Å²) in [7, 11) is 0. The lowest BCUT2D eigenvalue weighted by Crippen LogP contribution is -2.47. The molecule has 0 saturated carbocycles. The maximum absolute atomic E-state index is 13.7. The lowest BCUT2D eigenvalue weighted by Gasteiger charge is -2.32. The number of nitrogens with zero attached hydrogens (tertiary/aromatic N) is 1. The molecule has 1 atom stereocenters. The second-order valence-electron chi connectivity index (χ2n) is 8.64. The standard InChI is InChI=1S/C29H27N3O5S/c1-19-10-12-21(13-11-19)27(29(36)30-17-24-8-4-14-37-24)32(23-7-3-6-22(16-23)20(2)33)26(34)18-31-28(35)25-9-5-15-38-25/h3-16,27H,17-18H2,1-2H3,(H,30,36)(H,31,35). The smallest absolute Gasteiger partial charge is 0.261 e. The molecule has 4 rings (SSSR count). The van der Waals surface area contributed by atoms with E-state index in [1.807, 2.05) is 19.1 Å². The van der Waals surface area contributed by atoms with Crippen LogP contribution in [0.4, 0.5) is 5.69 Å². The molecule has 0 aliphatic rings. The predicted molar refractivity (Wildman–Crippen MR) is 145 cm³/mol. The zero-order chi connectivity index (χ0) is 27.1. The highest BCUT2D eigenvalue weighted by Crippen LogP contribution is 2.29. The molecule has 0 bridgehead atoms. The molecule has 8 nitrogen and oxygen atoms in total. The van der Waals surface area contributed by atoms with Crippen LogP contribution in [0.15, 0.2) is 88.9 Å². The van der Waals surface area contributed by atoms with Gasteiger partial charge in [-0.15, -0.1) is 11.3 Å². The molecular weight excluding hydrogens is 502 g/mol. The van der Waals surface area contributed by atoms with E-state index in [0.717, 1.165) is 5.56 Å². The highest BCUT2D eigenvalue weighted by Gasteiger charge is 2.33. The number of carbonyl (C=O) groups excluding carboxylic acids is 4. The topological polar surface area (TPSA) is 109 Å². The van der Waals surface area contributed by atoms with Crippen molar-refractivity contribution >= 4 is 40.5 Å². The molecule has 4 aromatic rings. The maximum Gasteiger partial charge on any atom is 0.261 e. The zero-order valence-corrected chi connectivity index (χ0v) is 21.8. The van der Waals surface area contributed by atoms with Gasteiger partial charge in [-0.1, -0.05) is 48.0 Å². The number of nitrogens with one attached hydrogen (secondary N) is 2. The second-order valence-corrected chi connectivity index (χ2v) is 9.59. The monoisotopic (exact) mass is 529 g/mol. The molecule has 0 aliphatic carbocycles. The Morgan fingerprint density at radius 2 is 1.74 bits per heavy atom. The number of carbonyl (C=O) groups is 4. The Hall–Kier alpha value is -4.50. The minimum atomic E-state index is -1.08. The van der Waals surface area contributed by atoms with Crippen molar-refractivity contribution in [2.24, 2.45) is 0 Å². The second kappa shape index (κ2) is 12.2. The van der Waals surface area contributed by atoms with Crippen molar-refractivity contribution in [3.05, 3.63) is 112 Å². The van der Waals surface area contributed by atoms with Crippen molar-refractivity contribution in [3.63, 3.8) is 0 Å². The lowest BCUT2D eigenvalue weighted by molar-refractivity contribution is -0.126. The number of aryl methyl sites for hydroxylation is 1. The molecule has 9 heteroatoms. The summed E-state index contributed by atoms with van der Waals surface area (Å²) in [5, 5.41) is 7.27. The molecule has 0 spiro atoms. The van der Waals surface area contributed by atoms with E-state index in [2.05, 4.69) is 10.6 Å². The molecule has 3 amide bonds. The average Bonchev–Trinajstić information content (AvgIpc) is 3.64. The van der Waals surface area contributed by atoms with Gasteiger partial charge >= 0.3 is 0 Å². The third-order valence-electron chi connectivity index (χ3n) is 5.86. The van der Waals surface area contributed by atoms with E-state index in [9.17, 15) is 19.2 Å². The van der Waals surface area contributed by atoms with E-state index in [0.29, 0.717) is 27.5 Å². The number of anilines is 1. The normalized spacial score (nSPS) is 11.4. The molecule has 2 aromatic heterocycles. The number of rotatable bonds is 10. The molecule has 194 valence electrons. The summed E-state index contributed by atoms with van der Waals surface area (Å²) >= 11 is 1.26. The SMILES string of the molecule is CC(=O)c1cccc(N(C(=O)CNC(=O)c2cccs2)C(C(=O)NCc2ccco2)c2ccc(C)cc2)c1. The van der Waals surface area contributed by atoms with Crippen LogP contribution in [0, 0.1) is 6.92 Å². The minimum Gasteiger partial charge on any atom is -0.467 e. The van der Waals surface area contributed by atoms with Gasteiger partial charge in [-0.05, 0) is 55.1 Å². The molecule has 0 fully saturated rings. The van der Waals surface area contributed by atoms with Gasteiger partial charge < -0.3 is 15.1 Å². The van der Waals surface area contributed by atoms with Crippen molar-refractivity contribution in [2.45, 2.75) is 26.4 Å². The van der Waals surface area contributed by atoms with Crippen LogP contribution < -0.4 is 15.5 Å². The molecule has 0 aliphatic heterocycles. The summed E-state index contributed by atoms with van der Waals surface area (Å²) in [5.74, 6) is -0.981. The first kappa shape index (κ1) is 26.6. The van der Waals surface area contributed by atoms with Gasteiger partial charge in [-0.25, -0.2) is 0 Å². The average molecular weight is 530 g/mol. The minimum absolute atomic E-state index is 0.124. The summed E-state index contributed by atoms with van der Waals surface area (Å²) in [6.07, 6.45) is 1.51. The van der Waals surface area contributed by atoms with Gasteiger partial charge in [-0.2, -0.15) is 0 Å². The molecule has 2 aromatic carbocycles. The van der Waals surface area contributed by atoms with Gasteiger partial charge in [0, 0.05) is 11.3 Å². The highest BCUT2D eigenvalue weighted by atomic mass is 32.1. The molecule has 2 N–H and O–H groups in total. The van der Waals surface area contributed by atoms with Crippen LogP contribution >= 0.6 is 11.3 Å². The molecule has 1 unspecified atom stereocenters. The number of thiophene rings is 1. The summed E-state index contributed by atoms with van der Waals surface area (Å²) in [5.41, 5.74) is 2.30. The summed E-state index contributed by atoms with van der Waals surface area (Å²) < 4.78 is 5.34. The van der Waals surface area contributed by atoms with Crippen molar-refractivity contribution in [1.82, 2.24) is 10.6 Å². The number of amides is 3. The van der Waals surface area contributed by atoms with Crippen LogP contribution in [0.5, 0.6) is 0 Å². The fourth-order valence-corrected chi connectivity index (χ4v) is 4.54. The highest BCUT2D eigenvalue weighted by molar-refractivity contribution is 7.12. The Bertz CT molecular complexity index is 1410. The van der Waals surface area contributed by atoms with Gasteiger partial charge in [0.25, 0.3) is 5.91 Å². The third-order valence-corrected chi connectivity index (χ3v) is 6.73. The number of Topliss-reactive ketones (excluding diaryl/α,β-unsaturated/α-hetero) is 1. The van der Waals surface area contributed by atoms with E-state index in [4.69, 9.17) is 4.42 Å². The first-order valence-corrected chi connectivity index (χ1v) is 12.8. The van der Waals surface area contributed by atoms with Crippen LogP contribution in [0.3, 0.4) is 0 Å². The van der Waals surface area contributed by atoms with Crippen molar-refractivity contribution in [3.8, 4) is 0 Å². The van der Waals surface area contributed by atoms with Crippen LogP contribution in [0.1, 0.15) is 49.9 Å². The van der Waals surface area contributed by atoms with Crippen LogP contribution in [-0.2, 0) is 16.1 Å². The molecule has 0 saturated heterocycles. The Kier molecular flexibility index (Phi) is 8.50. The first-order chi connectivity index (χ1) is 18.3. The van der Waals surface area contributed by atoms with E-state index in [1.165, 1.54) is 29.4 Å². The van der Waals surface area contributed by atoms with E-state index < -0.39 is 17.9 Å². The lowest BCUT2D eigenvalue weighted by atomic mass is 10.0. The molecule has 38 heavy (non-hydrogen) atoms. The number of hydrogen-bond acceptors (Lipinski definition) is 6. The molecule has 0 radical (unpaired) electrons. The molecule has 2 heterocycles. The maximum atomic E-state index is 13.7. The largest absolute Gasteiger partial charge is 0.467 e. The van der Waals surface area contributed by atoms with Crippen LogP contribution in [0.25, 0.3) is 0 Å². The van der Waals surface area contributed by atoms with Gasteiger partial charge in [0.2, 0.25) is 11.8 Å². The Morgan fingerprint density at radius 3 is 2.39 bits per heavy atom. The molecular formula is C29H27N3O5S. The Labute approximate surface area is 224 Å². The van der Waals surface area contributed by atoms with Crippen molar-refractivity contribution in [1.29, 1.82) is 0 Å². The van der Waals surface area contributed by atoms with Crippen LogP contribution in [-0.4, -0.2) is 30.0 Å². The summed E-state index contributed by atoms with van der Waals surface area (Å²) in [6, 6.07) is 19.6. The van der Waals surface area contributed by atoms with Gasteiger partial charge in [0.15, 0.2) is 5.78 Å². The Balaban J connectivity index is 1.72. The number of benzene rings is 2. The predicted octanol–water partition coefficient (Wildman–Crippen LogP) is 4.67. The third kappa shape index (κ3) is 6.43.